The summed E-state index contributed by atoms with van der Waals surface area (Å²) in [5.74, 6) is 2.17. The summed E-state index contributed by atoms with van der Waals surface area (Å²) < 4.78 is 2.39. The quantitative estimate of drug-likeness (QED) is 0.289. The van der Waals surface area contributed by atoms with Gasteiger partial charge in [0.1, 0.15) is 12.7 Å². The first-order chi connectivity index (χ1) is 15.3. The molecule has 1 aliphatic heterocycles. The van der Waals surface area contributed by atoms with Gasteiger partial charge >= 0.3 is 0 Å². The van der Waals surface area contributed by atoms with Gasteiger partial charge in [0.05, 0.1) is 5.56 Å². The third-order valence-corrected chi connectivity index (χ3v) is 7.01. The van der Waals surface area contributed by atoms with E-state index < -0.39 is 0 Å². The number of imidazole rings is 1. The lowest BCUT2D eigenvalue weighted by molar-refractivity contribution is -0.670. The Bertz CT molecular complexity index is 1290. The van der Waals surface area contributed by atoms with Crippen LogP contribution in [-0.2, 0) is 6.54 Å². The summed E-state index contributed by atoms with van der Waals surface area (Å²) in [5, 5.41) is 0. The smallest absolute Gasteiger partial charge is 0.236 e. The van der Waals surface area contributed by atoms with Gasteiger partial charge in [0, 0.05) is 11.1 Å². The van der Waals surface area contributed by atoms with E-state index in [0.29, 0.717) is 11.8 Å². The van der Waals surface area contributed by atoms with E-state index in [9.17, 15) is 0 Å². The van der Waals surface area contributed by atoms with Gasteiger partial charge in [-0.3, -0.25) is 0 Å². The van der Waals surface area contributed by atoms with Crippen molar-refractivity contribution in [2.75, 3.05) is 0 Å². The number of H-pyrrole nitrogens is 1. The first-order valence-electron chi connectivity index (χ1n) is 11.8. The number of aromatic amines is 1. The Kier molecular flexibility index (Phi) is 5.04. The molecule has 2 nitrogen and oxygen atoms in total. The molecule has 2 heterocycles. The van der Waals surface area contributed by atoms with Crippen LogP contribution in [0, 0.1) is 13.8 Å². The van der Waals surface area contributed by atoms with E-state index in [2.05, 4.69) is 112 Å². The maximum atomic E-state index is 3.86. The molecule has 0 saturated carbocycles. The lowest BCUT2D eigenvalue weighted by Crippen LogP contribution is -2.29. The molecule has 0 saturated heterocycles. The van der Waals surface area contributed by atoms with Gasteiger partial charge in [0.15, 0.2) is 5.69 Å². The lowest BCUT2D eigenvalue weighted by Gasteiger charge is -2.17. The first kappa shape index (κ1) is 20.8. The fourth-order valence-corrected chi connectivity index (χ4v) is 5.12. The van der Waals surface area contributed by atoms with Crippen molar-refractivity contribution in [1.82, 2.24) is 4.98 Å². The highest BCUT2D eigenvalue weighted by Crippen LogP contribution is 2.40. The number of rotatable bonds is 4. The van der Waals surface area contributed by atoms with Gasteiger partial charge < -0.3 is 0 Å². The number of nitrogens with one attached hydrogen (secondary N) is 1. The van der Waals surface area contributed by atoms with E-state index in [1.807, 2.05) is 0 Å². The SMILES string of the molecule is Cc1ccc(-c2cccc3c2-c2[nH]c(-c4c(C(C)C)cccc4C(C)C)c[n+]2C3)cc1C. The van der Waals surface area contributed by atoms with Crippen LogP contribution in [0.5, 0.6) is 0 Å². The van der Waals surface area contributed by atoms with Gasteiger partial charge in [-0.2, -0.15) is 0 Å². The molecule has 3 aromatic carbocycles. The Morgan fingerprint density at radius 3 is 2.12 bits per heavy atom. The summed E-state index contributed by atoms with van der Waals surface area (Å²) in [6.07, 6.45) is 2.33. The second-order valence-corrected chi connectivity index (χ2v) is 9.90. The minimum Gasteiger partial charge on any atom is -0.236 e. The van der Waals surface area contributed by atoms with Crippen LogP contribution in [0.2, 0.25) is 0 Å². The molecule has 0 spiro atoms. The van der Waals surface area contributed by atoms with Crippen molar-refractivity contribution in [3.63, 3.8) is 0 Å². The number of aryl methyl sites for hydroxylation is 2. The Labute approximate surface area is 192 Å². The molecule has 0 unspecified atom stereocenters. The number of nitrogens with zero attached hydrogens (tertiary/aromatic N) is 1. The van der Waals surface area contributed by atoms with E-state index in [4.69, 9.17) is 0 Å². The summed E-state index contributed by atoms with van der Waals surface area (Å²) >= 11 is 0. The van der Waals surface area contributed by atoms with Crippen molar-refractivity contribution in [1.29, 1.82) is 0 Å². The van der Waals surface area contributed by atoms with Gasteiger partial charge in [-0.15, -0.1) is 0 Å². The summed E-state index contributed by atoms with van der Waals surface area (Å²) in [4.78, 5) is 3.86. The molecule has 0 bridgehead atoms. The molecule has 32 heavy (non-hydrogen) atoms. The normalized spacial score (nSPS) is 12.5. The van der Waals surface area contributed by atoms with E-state index >= 15 is 0 Å². The molecular weight excluding hydrogens is 388 g/mol. The van der Waals surface area contributed by atoms with E-state index in [1.54, 1.807) is 0 Å². The lowest BCUT2D eigenvalue weighted by atomic mass is 9.87. The van der Waals surface area contributed by atoms with Gasteiger partial charge in [-0.25, -0.2) is 9.55 Å². The Morgan fingerprint density at radius 2 is 1.47 bits per heavy atom. The van der Waals surface area contributed by atoms with Crippen LogP contribution in [0.3, 0.4) is 0 Å². The van der Waals surface area contributed by atoms with E-state index in [1.165, 1.54) is 61.6 Å². The fraction of sp³-hybridized carbons (Fsp3) is 0.300. The van der Waals surface area contributed by atoms with Gasteiger partial charge in [0.2, 0.25) is 0 Å². The van der Waals surface area contributed by atoms with Crippen LogP contribution < -0.4 is 4.57 Å². The highest BCUT2D eigenvalue weighted by molar-refractivity contribution is 5.84. The van der Waals surface area contributed by atoms with Crippen molar-refractivity contribution in [2.45, 2.75) is 59.9 Å². The molecule has 1 aromatic heterocycles. The first-order valence-corrected chi connectivity index (χ1v) is 11.8. The van der Waals surface area contributed by atoms with Crippen LogP contribution in [0.25, 0.3) is 33.8 Å². The van der Waals surface area contributed by atoms with Crippen LogP contribution in [-0.4, -0.2) is 4.98 Å². The van der Waals surface area contributed by atoms with Crippen molar-refractivity contribution < 1.29 is 4.57 Å². The molecule has 1 N–H and O–H groups in total. The minimum absolute atomic E-state index is 0.477. The number of fused-ring (bicyclic) bond motifs is 3. The molecule has 0 fully saturated rings. The molecule has 0 atom stereocenters. The highest BCUT2D eigenvalue weighted by atomic mass is 15.1. The predicted molar refractivity (Wildman–Crippen MR) is 134 cm³/mol. The molecule has 5 rings (SSSR count). The topological polar surface area (TPSA) is 19.7 Å². The number of hydrogen-bond acceptors (Lipinski definition) is 0. The number of aromatic nitrogens is 2. The zero-order valence-corrected chi connectivity index (χ0v) is 20.1. The second kappa shape index (κ2) is 7.78. The Balaban J connectivity index is 1.69. The number of benzene rings is 3. The maximum Gasteiger partial charge on any atom is 0.288 e. The van der Waals surface area contributed by atoms with Crippen molar-refractivity contribution in [3.8, 4) is 33.8 Å². The van der Waals surface area contributed by atoms with Crippen molar-refractivity contribution >= 4 is 0 Å². The number of hydrogen-bond donors (Lipinski definition) is 1. The zero-order chi connectivity index (χ0) is 22.6. The zero-order valence-electron chi connectivity index (χ0n) is 20.1. The van der Waals surface area contributed by atoms with Crippen LogP contribution >= 0.6 is 0 Å². The summed E-state index contributed by atoms with van der Waals surface area (Å²) in [7, 11) is 0. The third-order valence-electron chi connectivity index (χ3n) is 7.01. The third kappa shape index (κ3) is 3.30. The Morgan fingerprint density at radius 1 is 0.781 bits per heavy atom. The fourth-order valence-electron chi connectivity index (χ4n) is 5.12. The minimum atomic E-state index is 0.477. The van der Waals surface area contributed by atoms with Crippen molar-refractivity contribution in [2.24, 2.45) is 0 Å². The standard InChI is InChI=1S/C30H32N2/c1-18(2)24-10-8-11-25(19(3)4)29(24)27-17-32-16-23-9-7-12-26(28(23)30(32)31-27)22-14-13-20(5)21(6)15-22/h7-15,17-19H,16H2,1-6H3/p+1. The molecule has 0 amide bonds. The largest absolute Gasteiger partial charge is 0.288 e. The average Bonchev–Trinajstić information content (AvgIpc) is 3.32. The van der Waals surface area contributed by atoms with Gasteiger partial charge in [0.25, 0.3) is 5.82 Å². The Hall–Kier alpha value is -3.13. The van der Waals surface area contributed by atoms with E-state index in [-0.39, 0.29) is 0 Å². The molecule has 2 heteroatoms. The van der Waals surface area contributed by atoms with E-state index in [0.717, 1.165) is 6.54 Å². The average molecular weight is 422 g/mol. The van der Waals surface area contributed by atoms with Crippen LogP contribution in [0.15, 0.2) is 60.8 Å². The second-order valence-electron chi connectivity index (χ2n) is 9.90. The maximum absolute atomic E-state index is 3.86. The van der Waals surface area contributed by atoms with Crippen molar-refractivity contribution in [3.05, 3.63) is 88.6 Å². The highest BCUT2D eigenvalue weighted by Gasteiger charge is 2.32. The molecule has 1 aliphatic rings. The molecule has 4 aromatic rings. The van der Waals surface area contributed by atoms with Crippen LogP contribution in [0.4, 0.5) is 0 Å². The molecule has 0 radical (unpaired) electrons. The van der Waals surface area contributed by atoms with Crippen LogP contribution in [0.1, 0.15) is 67.3 Å². The van der Waals surface area contributed by atoms with Gasteiger partial charge in [-0.1, -0.05) is 82.3 Å². The summed E-state index contributed by atoms with van der Waals surface area (Å²) in [5.41, 5.74) is 13.5. The molecule has 0 aliphatic carbocycles. The monoisotopic (exact) mass is 421 g/mol. The predicted octanol–water partition coefficient (Wildman–Crippen LogP) is 7.53. The summed E-state index contributed by atoms with van der Waals surface area (Å²) in [6.45, 7) is 14.5. The summed E-state index contributed by atoms with van der Waals surface area (Å²) in [6, 6.07) is 20.3. The van der Waals surface area contributed by atoms with Gasteiger partial charge in [-0.05, 0) is 59.1 Å². The molecular formula is C30H33N2+. The molecule has 162 valence electrons.